The molecule has 0 spiro atoms. The summed E-state index contributed by atoms with van der Waals surface area (Å²) in [6, 6.07) is 8.44. The molecule has 1 N–H and O–H groups in total. The highest BCUT2D eigenvalue weighted by Crippen LogP contribution is 2.24. The van der Waals surface area contributed by atoms with Crippen LogP contribution >= 0.6 is 12.2 Å². The molecular weight excluding hydrogens is 277 g/mol. The topological polar surface area (TPSA) is 42.8 Å². The number of pyridine rings is 1. The van der Waals surface area contributed by atoms with Crippen molar-refractivity contribution in [1.29, 1.82) is 0 Å². The van der Waals surface area contributed by atoms with Crippen molar-refractivity contribution in [3.8, 4) is 11.6 Å². The molecule has 0 aliphatic rings. The lowest BCUT2D eigenvalue weighted by atomic mass is 10.2. The van der Waals surface area contributed by atoms with Crippen LogP contribution in [0.1, 0.15) is 5.56 Å². The Hall–Kier alpha value is -2.21. The summed E-state index contributed by atoms with van der Waals surface area (Å²) in [6.45, 7) is 1.83. The van der Waals surface area contributed by atoms with E-state index in [-0.39, 0.29) is 5.82 Å². The minimum Gasteiger partial charge on any atom is -0.481 e. The van der Waals surface area contributed by atoms with E-state index >= 15 is 0 Å². The Morgan fingerprint density at radius 2 is 2.10 bits per heavy atom. The lowest BCUT2D eigenvalue weighted by Gasteiger charge is -2.09. The number of methoxy groups -OCH3 is 1. The third kappa shape index (κ3) is 1.89. The van der Waals surface area contributed by atoms with Gasteiger partial charge < -0.3 is 9.72 Å². The number of aromatic nitrogens is 3. The summed E-state index contributed by atoms with van der Waals surface area (Å²) in [5.74, 6) is 0.112. The van der Waals surface area contributed by atoms with Crippen molar-refractivity contribution < 1.29 is 9.13 Å². The Bertz CT molecular complexity index is 833. The molecule has 4 nitrogen and oxygen atoms in total. The predicted molar refractivity (Wildman–Crippen MR) is 77.5 cm³/mol. The molecule has 2 heterocycles. The van der Waals surface area contributed by atoms with Crippen molar-refractivity contribution >= 4 is 23.4 Å². The molecule has 3 rings (SSSR count). The smallest absolute Gasteiger partial charge is 0.215 e. The van der Waals surface area contributed by atoms with Gasteiger partial charge >= 0.3 is 0 Å². The third-order valence-corrected chi connectivity index (χ3v) is 3.41. The highest BCUT2D eigenvalue weighted by atomic mass is 32.1. The fourth-order valence-corrected chi connectivity index (χ4v) is 2.48. The maximum absolute atomic E-state index is 14.2. The molecule has 0 atom stereocenters. The lowest BCUT2D eigenvalue weighted by Crippen LogP contribution is -2.02. The number of ether oxygens (including phenoxy) is 1. The van der Waals surface area contributed by atoms with Gasteiger partial charge in [0.05, 0.1) is 18.3 Å². The molecule has 2 aromatic heterocycles. The van der Waals surface area contributed by atoms with Crippen LogP contribution in [-0.4, -0.2) is 21.6 Å². The summed E-state index contributed by atoms with van der Waals surface area (Å²) in [5, 5.41) is 0. The van der Waals surface area contributed by atoms with E-state index in [0.29, 0.717) is 22.0 Å². The van der Waals surface area contributed by atoms with Gasteiger partial charge in [-0.15, -0.1) is 0 Å². The van der Waals surface area contributed by atoms with Gasteiger partial charge in [-0.25, -0.2) is 4.39 Å². The number of rotatable bonds is 2. The second-order valence-electron chi connectivity index (χ2n) is 4.40. The number of para-hydroxylation sites is 1. The first-order valence-corrected chi connectivity index (χ1v) is 6.44. The molecule has 6 heteroatoms. The summed E-state index contributed by atoms with van der Waals surface area (Å²) < 4.78 is 21.3. The highest BCUT2D eigenvalue weighted by Gasteiger charge is 2.14. The molecule has 3 aromatic rings. The molecule has 0 bridgehead atoms. The van der Waals surface area contributed by atoms with E-state index < -0.39 is 0 Å². The second kappa shape index (κ2) is 4.72. The number of imidazole rings is 1. The van der Waals surface area contributed by atoms with E-state index in [1.807, 2.05) is 19.1 Å². The molecule has 0 amide bonds. The first-order chi connectivity index (χ1) is 9.61. The minimum absolute atomic E-state index is 0.341. The van der Waals surface area contributed by atoms with Crippen molar-refractivity contribution in [2.75, 3.05) is 7.11 Å². The maximum Gasteiger partial charge on any atom is 0.215 e. The molecule has 0 unspecified atom stereocenters. The largest absolute Gasteiger partial charge is 0.481 e. The number of hydrogen-bond donors (Lipinski definition) is 1. The molecule has 0 saturated carbocycles. The molecule has 0 radical (unpaired) electrons. The summed E-state index contributed by atoms with van der Waals surface area (Å²) >= 11 is 5.29. The maximum atomic E-state index is 14.2. The van der Waals surface area contributed by atoms with Crippen LogP contribution in [-0.2, 0) is 0 Å². The molecular formula is C14H12FN3OS. The van der Waals surface area contributed by atoms with Crippen molar-refractivity contribution in [3.05, 3.63) is 46.5 Å². The van der Waals surface area contributed by atoms with Crippen LogP contribution in [0.2, 0.25) is 0 Å². The first-order valence-electron chi connectivity index (χ1n) is 6.03. The molecule has 0 aliphatic heterocycles. The Labute approximate surface area is 119 Å². The standard InChI is InChI=1S/C14H12FN3OS/c1-8-4-3-5-9(15)12(8)18-13-10(16-14(18)20)6-7-11(17-13)19-2/h3-7H,1-2H3,(H,16,20). The molecule has 0 aliphatic carbocycles. The zero-order valence-electron chi connectivity index (χ0n) is 11.0. The van der Waals surface area contributed by atoms with Gasteiger partial charge in [0.15, 0.2) is 10.4 Å². The summed E-state index contributed by atoms with van der Waals surface area (Å²) in [4.78, 5) is 7.37. The SMILES string of the molecule is COc1ccc2[nH]c(=S)n(-c3c(C)cccc3F)c2n1. The van der Waals surface area contributed by atoms with Crippen LogP contribution in [0, 0.1) is 17.5 Å². The van der Waals surface area contributed by atoms with Gasteiger partial charge in [0, 0.05) is 6.07 Å². The minimum atomic E-state index is -0.341. The van der Waals surface area contributed by atoms with Gasteiger partial charge in [-0.05, 0) is 36.8 Å². The van der Waals surface area contributed by atoms with Crippen molar-refractivity contribution in [2.45, 2.75) is 6.92 Å². The Balaban J connectivity index is 2.41. The summed E-state index contributed by atoms with van der Waals surface area (Å²) in [6.07, 6.45) is 0. The lowest BCUT2D eigenvalue weighted by molar-refractivity contribution is 0.399. The van der Waals surface area contributed by atoms with E-state index in [4.69, 9.17) is 17.0 Å². The van der Waals surface area contributed by atoms with E-state index in [1.165, 1.54) is 13.2 Å². The quantitative estimate of drug-likeness (QED) is 0.734. The number of nitrogens with one attached hydrogen (secondary N) is 1. The fraction of sp³-hybridized carbons (Fsp3) is 0.143. The number of aromatic amines is 1. The van der Waals surface area contributed by atoms with Crippen molar-refractivity contribution in [3.63, 3.8) is 0 Å². The summed E-state index contributed by atoms with van der Waals surface area (Å²) in [7, 11) is 1.54. The number of H-pyrrole nitrogens is 1. The van der Waals surface area contributed by atoms with Gasteiger partial charge in [-0.1, -0.05) is 12.1 Å². The monoisotopic (exact) mass is 289 g/mol. The Morgan fingerprint density at radius 1 is 1.30 bits per heavy atom. The van der Waals surface area contributed by atoms with Gasteiger partial charge in [-0.3, -0.25) is 4.57 Å². The van der Waals surface area contributed by atoms with Gasteiger partial charge in [0.25, 0.3) is 0 Å². The Kier molecular flexibility index (Phi) is 3.02. The fourth-order valence-electron chi connectivity index (χ4n) is 2.19. The normalized spacial score (nSPS) is 10.9. The van der Waals surface area contributed by atoms with Crippen molar-refractivity contribution in [2.24, 2.45) is 0 Å². The number of fused-ring (bicyclic) bond motifs is 1. The summed E-state index contributed by atoms with van der Waals surface area (Å²) in [5.41, 5.74) is 2.47. The zero-order chi connectivity index (χ0) is 14.3. The van der Waals surface area contributed by atoms with Crippen LogP contribution in [0.3, 0.4) is 0 Å². The average Bonchev–Trinajstić information content (AvgIpc) is 2.74. The Morgan fingerprint density at radius 3 is 2.80 bits per heavy atom. The first kappa shape index (κ1) is 12.8. The average molecular weight is 289 g/mol. The highest BCUT2D eigenvalue weighted by molar-refractivity contribution is 7.71. The molecule has 0 fully saturated rings. The number of halogens is 1. The van der Waals surface area contributed by atoms with E-state index in [0.717, 1.165) is 11.1 Å². The van der Waals surface area contributed by atoms with Gasteiger partial charge in [0.1, 0.15) is 5.82 Å². The van der Waals surface area contributed by atoms with E-state index in [1.54, 1.807) is 16.7 Å². The second-order valence-corrected chi connectivity index (χ2v) is 4.78. The van der Waals surface area contributed by atoms with Gasteiger partial charge in [-0.2, -0.15) is 4.98 Å². The van der Waals surface area contributed by atoms with Crippen LogP contribution in [0.15, 0.2) is 30.3 Å². The number of nitrogens with zero attached hydrogens (tertiary/aromatic N) is 2. The number of aryl methyl sites for hydroxylation is 1. The van der Waals surface area contributed by atoms with Gasteiger partial charge in [0.2, 0.25) is 5.88 Å². The van der Waals surface area contributed by atoms with Crippen LogP contribution in [0.5, 0.6) is 5.88 Å². The number of benzene rings is 1. The van der Waals surface area contributed by atoms with Crippen molar-refractivity contribution in [1.82, 2.24) is 14.5 Å². The number of hydrogen-bond acceptors (Lipinski definition) is 3. The third-order valence-electron chi connectivity index (χ3n) is 3.13. The van der Waals surface area contributed by atoms with Crippen LogP contribution in [0.4, 0.5) is 4.39 Å². The molecule has 0 saturated heterocycles. The predicted octanol–water partition coefficient (Wildman–Crippen LogP) is 3.54. The molecule has 102 valence electrons. The zero-order valence-corrected chi connectivity index (χ0v) is 11.8. The van der Waals surface area contributed by atoms with Crippen LogP contribution in [0.25, 0.3) is 16.9 Å². The van der Waals surface area contributed by atoms with E-state index in [2.05, 4.69) is 9.97 Å². The van der Waals surface area contributed by atoms with Crippen LogP contribution < -0.4 is 4.74 Å². The molecule has 20 heavy (non-hydrogen) atoms. The molecule has 1 aromatic carbocycles. The van der Waals surface area contributed by atoms with E-state index in [9.17, 15) is 4.39 Å².